The van der Waals surface area contributed by atoms with Crippen molar-refractivity contribution >= 4 is 29.9 Å². The van der Waals surface area contributed by atoms with E-state index in [0.29, 0.717) is 24.1 Å². The molecule has 154 valence electrons. The summed E-state index contributed by atoms with van der Waals surface area (Å²) in [6.45, 7) is 1.46. The third-order valence-electron chi connectivity index (χ3n) is 4.96. The highest BCUT2D eigenvalue weighted by atomic mass is 127. The van der Waals surface area contributed by atoms with Gasteiger partial charge in [-0.1, -0.05) is 25.1 Å². The van der Waals surface area contributed by atoms with Crippen LogP contribution in [-0.4, -0.2) is 47.2 Å². The first-order valence-corrected chi connectivity index (χ1v) is 9.04. The zero-order valence-electron chi connectivity index (χ0n) is 16.0. The van der Waals surface area contributed by atoms with Crippen LogP contribution in [0.3, 0.4) is 0 Å². The molecule has 0 aliphatic carbocycles. The van der Waals surface area contributed by atoms with Crippen molar-refractivity contribution in [2.45, 2.75) is 32.5 Å². The predicted molar refractivity (Wildman–Crippen MR) is 115 cm³/mol. The van der Waals surface area contributed by atoms with Crippen LogP contribution in [0.4, 0.5) is 8.78 Å². The van der Waals surface area contributed by atoms with Crippen LogP contribution >= 0.6 is 24.0 Å². The van der Waals surface area contributed by atoms with Gasteiger partial charge in [-0.3, -0.25) is 4.99 Å². The van der Waals surface area contributed by atoms with Gasteiger partial charge in [-0.25, -0.2) is 4.98 Å². The van der Waals surface area contributed by atoms with Gasteiger partial charge in [-0.05, 0) is 18.4 Å². The Hall–Kier alpha value is -1.91. The van der Waals surface area contributed by atoms with E-state index in [0.717, 1.165) is 25.5 Å². The molecule has 0 radical (unpaired) electrons. The zero-order valence-corrected chi connectivity index (χ0v) is 18.3. The second kappa shape index (κ2) is 10.6. The summed E-state index contributed by atoms with van der Waals surface area (Å²) >= 11 is 0. The largest absolute Gasteiger partial charge is 0.434 e. The molecule has 2 atom stereocenters. The highest BCUT2D eigenvalue weighted by Crippen LogP contribution is 2.27. The molecule has 3 rings (SSSR count). The molecule has 1 fully saturated rings. The number of likely N-dealkylation sites (tertiary alicyclic amines) is 1. The SMILES string of the molecule is CN=C(NCc1ccccc1OC(F)F)N1CCC(C)C(n2ccnc2)C1.I. The number of benzene rings is 1. The van der Waals surface area contributed by atoms with Gasteiger partial charge in [-0.2, -0.15) is 8.78 Å². The van der Waals surface area contributed by atoms with Gasteiger partial charge in [0.05, 0.1) is 12.4 Å². The van der Waals surface area contributed by atoms with Gasteiger partial charge < -0.3 is 19.5 Å². The molecule has 1 saturated heterocycles. The van der Waals surface area contributed by atoms with E-state index >= 15 is 0 Å². The number of guanidine groups is 1. The van der Waals surface area contributed by atoms with E-state index in [1.54, 1.807) is 37.5 Å². The van der Waals surface area contributed by atoms with Gasteiger partial charge in [-0.15, -0.1) is 24.0 Å². The lowest BCUT2D eigenvalue weighted by Gasteiger charge is -2.39. The molecule has 2 unspecified atom stereocenters. The Kier molecular flexibility index (Phi) is 8.46. The number of piperidine rings is 1. The summed E-state index contributed by atoms with van der Waals surface area (Å²) in [5.74, 6) is 1.46. The van der Waals surface area contributed by atoms with E-state index in [9.17, 15) is 8.78 Å². The van der Waals surface area contributed by atoms with E-state index in [-0.39, 0.29) is 29.7 Å². The van der Waals surface area contributed by atoms with Crippen molar-refractivity contribution in [3.63, 3.8) is 0 Å². The number of ether oxygens (including phenoxy) is 1. The molecule has 2 heterocycles. The molecular formula is C19H26F2IN5O. The first-order valence-electron chi connectivity index (χ1n) is 9.04. The minimum atomic E-state index is -2.84. The molecule has 9 heteroatoms. The highest BCUT2D eigenvalue weighted by Gasteiger charge is 2.28. The molecule has 1 aliphatic rings. The Morgan fingerprint density at radius 3 is 2.86 bits per heavy atom. The summed E-state index contributed by atoms with van der Waals surface area (Å²) in [6.07, 6.45) is 6.66. The van der Waals surface area contributed by atoms with Gasteiger partial charge in [0.15, 0.2) is 5.96 Å². The first-order chi connectivity index (χ1) is 13.1. The molecule has 6 nitrogen and oxygen atoms in total. The number of aliphatic imine (C=N–C) groups is 1. The number of halogens is 3. The van der Waals surface area contributed by atoms with Crippen molar-refractivity contribution in [3.05, 3.63) is 48.5 Å². The summed E-state index contributed by atoms with van der Waals surface area (Å²) in [6, 6.07) is 7.11. The molecular weight excluding hydrogens is 479 g/mol. The number of para-hydroxylation sites is 1. The van der Waals surface area contributed by atoms with Gasteiger partial charge in [0.1, 0.15) is 5.75 Å². The maximum absolute atomic E-state index is 12.6. The van der Waals surface area contributed by atoms with Crippen LogP contribution in [0.25, 0.3) is 0 Å². The number of nitrogens with one attached hydrogen (secondary N) is 1. The van der Waals surface area contributed by atoms with E-state index < -0.39 is 6.61 Å². The molecule has 1 aromatic carbocycles. The molecule has 1 N–H and O–H groups in total. The summed E-state index contributed by atoms with van der Waals surface area (Å²) in [5.41, 5.74) is 0.662. The third-order valence-corrected chi connectivity index (χ3v) is 4.96. The maximum atomic E-state index is 12.6. The van der Waals surface area contributed by atoms with Crippen LogP contribution in [0.15, 0.2) is 48.0 Å². The highest BCUT2D eigenvalue weighted by molar-refractivity contribution is 14.0. The molecule has 0 spiro atoms. The average Bonchev–Trinajstić information content (AvgIpc) is 3.18. The predicted octanol–water partition coefficient (Wildman–Crippen LogP) is 3.76. The lowest BCUT2D eigenvalue weighted by Crippen LogP contribution is -2.48. The van der Waals surface area contributed by atoms with Crippen LogP contribution in [0, 0.1) is 5.92 Å². The number of rotatable bonds is 5. The van der Waals surface area contributed by atoms with Gasteiger partial charge in [0.2, 0.25) is 0 Å². The van der Waals surface area contributed by atoms with Crippen LogP contribution in [0.5, 0.6) is 5.75 Å². The lowest BCUT2D eigenvalue weighted by molar-refractivity contribution is -0.0504. The lowest BCUT2D eigenvalue weighted by atomic mass is 9.93. The smallest absolute Gasteiger partial charge is 0.387 e. The Morgan fingerprint density at radius 1 is 1.39 bits per heavy atom. The summed E-state index contributed by atoms with van der Waals surface area (Å²) < 4.78 is 31.9. The number of hydrogen-bond acceptors (Lipinski definition) is 3. The Balaban J connectivity index is 0.00000280. The van der Waals surface area contributed by atoms with Crippen molar-refractivity contribution in [2.24, 2.45) is 10.9 Å². The van der Waals surface area contributed by atoms with Crippen molar-refractivity contribution in [2.75, 3.05) is 20.1 Å². The Labute approximate surface area is 181 Å². The van der Waals surface area contributed by atoms with Gasteiger partial charge in [0, 0.05) is 44.6 Å². The van der Waals surface area contributed by atoms with Crippen molar-refractivity contribution < 1.29 is 13.5 Å². The number of alkyl halides is 2. The van der Waals surface area contributed by atoms with Crippen LogP contribution < -0.4 is 10.1 Å². The minimum Gasteiger partial charge on any atom is -0.434 e. The Bertz CT molecular complexity index is 757. The molecule has 0 amide bonds. The molecule has 2 aromatic rings. The van der Waals surface area contributed by atoms with Crippen molar-refractivity contribution in [1.82, 2.24) is 19.8 Å². The summed E-state index contributed by atoms with van der Waals surface area (Å²) in [7, 11) is 1.73. The first kappa shape index (κ1) is 22.4. The van der Waals surface area contributed by atoms with Gasteiger partial charge in [0.25, 0.3) is 0 Å². The summed E-state index contributed by atoms with van der Waals surface area (Å²) in [5, 5.41) is 3.28. The standard InChI is InChI=1S/C19H25F2N5O.HI/c1-14-7-9-25(12-16(14)26-10-8-23-13-26)19(22-2)24-11-15-5-3-4-6-17(15)27-18(20)21;/h3-6,8,10,13-14,16,18H,7,9,11-12H2,1-2H3,(H,22,24);1H. The maximum Gasteiger partial charge on any atom is 0.387 e. The molecule has 1 aliphatic heterocycles. The molecule has 1 aromatic heterocycles. The molecule has 0 bridgehead atoms. The quantitative estimate of drug-likeness (QED) is 0.382. The topological polar surface area (TPSA) is 54.7 Å². The van der Waals surface area contributed by atoms with Crippen molar-refractivity contribution in [1.29, 1.82) is 0 Å². The van der Waals surface area contributed by atoms with Crippen LogP contribution in [0.2, 0.25) is 0 Å². The Morgan fingerprint density at radius 2 is 2.18 bits per heavy atom. The second-order valence-electron chi connectivity index (χ2n) is 6.68. The number of imidazole rings is 1. The van der Waals surface area contributed by atoms with Crippen molar-refractivity contribution in [3.8, 4) is 5.75 Å². The van der Waals surface area contributed by atoms with E-state index in [1.807, 2.05) is 12.5 Å². The fourth-order valence-electron chi connectivity index (χ4n) is 3.46. The minimum absolute atomic E-state index is 0. The fourth-order valence-corrected chi connectivity index (χ4v) is 3.46. The molecule has 0 saturated carbocycles. The fraction of sp³-hybridized carbons (Fsp3) is 0.474. The number of aromatic nitrogens is 2. The van der Waals surface area contributed by atoms with Crippen LogP contribution in [-0.2, 0) is 6.54 Å². The average molecular weight is 505 g/mol. The monoisotopic (exact) mass is 505 g/mol. The van der Waals surface area contributed by atoms with E-state index in [1.165, 1.54) is 0 Å². The normalized spacial score (nSPS) is 20.0. The van der Waals surface area contributed by atoms with E-state index in [4.69, 9.17) is 0 Å². The zero-order chi connectivity index (χ0) is 19.2. The number of hydrogen-bond donors (Lipinski definition) is 1. The van der Waals surface area contributed by atoms with E-state index in [2.05, 4.69) is 36.4 Å². The summed E-state index contributed by atoms with van der Waals surface area (Å²) in [4.78, 5) is 10.7. The van der Waals surface area contributed by atoms with Gasteiger partial charge >= 0.3 is 6.61 Å². The molecule has 28 heavy (non-hydrogen) atoms. The second-order valence-corrected chi connectivity index (χ2v) is 6.68. The van der Waals surface area contributed by atoms with Crippen LogP contribution in [0.1, 0.15) is 24.9 Å². The third kappa shape index (κ3) is 5.55. The number of nitrogens with zero attached hydrogens (tertiary/aromatic N) is 4.